The molecule has 0 fully saturated rings. The fourth-order valence-corrected chi connectivity index (χ4v) is 2.14. The van der Waals surface area contributed by atoms with E-state index in [9.17, 15) is 0 Å². The average molecular weight is 218 g/mol. The third kappa shape index (κ3) is 2.45. The highest BCUT2D eigenvalue weighted by Crippen LogP contribution is 2.31. The SMILES string of the molecule is COc1cccc(C2=CCC(CO)CC2)c1. The van der Waals surface area contributed by atoms with Gasteiger partial charge < -0.3 is 9.84 Å². The number of benzene rings is 1. The number of hydrogen-bond acceptors (Lipinski definition) is 2. The highest BCUT2D eigenvalue weighted by atomic mass is 16.5. The summed E-state index contributed by atoms with van der Waals surface area (Å²) in [5.41, 5.74) is 2.62. The summed E-state index contributed by atoms with van der Waals surface area (Å²) in [6, 6.07) is 8.18. The lowest BCUT2D eigenvalue weighted by molar-refractivity contribution is 0.218. The zero-order valence-corrected chi connectivity index (χ0v) is 9.65. The first-order valence-electron chi connectivity index (χ1n) is 5.78. The molecule has 0 bridgehead atoms. The molecule has 2 rings (SSSR count). The zero-order valence-electron chi connectivity index (χ0n) is 9.65. The Balaban J connectivity index is 2.15. The summed E-state index contributed by atoms with van der Waals surface area (Å²) in [6.45, 7) is 0.307. The molecular formula is C14H18O2. The van der Waals surface area contributed by atoms with Gasteiger partial charge in [-0.1, -0.05) is 18.2 Å². The summed E-state index contributed by atoms with van der Waals surface area (Å²) < 4.78 is 5.22. The number of rotatable bonds is 3. The van der Waals surface area contributed by atoms with E-state index in [0.717, 1.165) is 25.0 Å². The number of allylic oxidation sites excluding steroid dienone is 2. The molecule has 86 valence electrons. The van der Waals surface area contributed by atoms with E-state index >= 15 is 0 Å². The number of aliphatic hydroxyl groups is 1. The first-order chi connectivity index (χ1) is 7.83. The van der Waals surface area contributed by atoms with E-state index in [1.54, 1.807) is 7.11 Å². The molecule has 0 heterocycles. The van der Waals surface area contributed by atoms with Crippen LogP contribution in [0.2, 0.25) is 0 Å². The number of ether oxygens (including phenoxy) is 1. The quantitative estimate of drug-likeness (QED) is 0.845. The standard InChI is InChI=1S/C14H18O2/c1-16-14-4-2-3-13(9-14)12-7-5-11(10-15)6-8-12/h2-4,7,9,11,15H,5-6,8,10H2,1H3. The van der Waals surface area contributed by atoms with E-state index in [1.165, 1.54) is 11.1 Å². The number of methoxy groups -OCH3 is 1. The van der Waals surface area contributed by atoms with Crippen LogP contribution in [-0.2, 0) is 0 Å². The molecule has 1 unspecified atom stereocenters. The fourth-order valence-electron chi connectivity index (χ4n) is 2.14. The fraction of sp³-hybridized carbons (Fsp3) is 0.429. The molecular weight excluding hydrogens is 200 g/mol. The second-order valence-corrected chi connectivity index (χ2v) is 4.28. The van der Waals surface area contributed by atoms with Crippen molar-refractivity contribution >= 4 is 5.57 Å². The predicted molar refractivity (Wildman–Crippen MR) is 65.4 cm³/mol. The lowest BCUT2D eigenvalue weighted by Gasteiger charge is -2.20. The maximum atomic E-state index is 9.08. The van der Waals surface area contributed by atoms with Crippen molar-refractivity contribution in [2.24, 2.45) is 5.92 Å². The van der Waals surface area contributed by atoms with Gasteiger partial charge in [-0.2, -0.15) is 0 Å². The van der Waals surface area contributed by atoms with Gasteiger partial charge in [-0.25, -0.2) is 0 Å². The Morgan fingerprint density at radius 3 is 2.94 bits per heavy atom. The van der Waals surface area contributed by atoms with Gasteiger partial charge in [0.1, 0.15) is 5.75 Å². The highest BCUT2D eigenvalue weighted by molar-refractivity contribution is 5.67. The van der Waals surface area contributed by atoms with E-state index in [-0.39, 0.29) is 0 Å². The van der Waals surface area contributed by atoms with E-state index in [0.29, 0.717) is 12.5 Å². The monoisotopic (exact) mass is 218 g/mol. The maximum absolute atomic E-state index is 9.08. The summed E-state index contributed by atoms with van der Waals surface area (Å²) in [7, 11) is 1.69. The molecule has 2 nitrogen and oxygen atoms in total. The Hall–Kier alpha value is -1.28. The van der Waals surface area contributed by atoms with Crippen LogP contribution in [0.4, 0.5) is 0 Å². The summed E-state index contributed by atoms with van der Waals surface area (Å²) in [5.74, 6) is 1.36. The van der Waals surface area contributed by atoms with Gasteiger partial charge in [0.2, 0.25) is 0 Å². The molecule has 0 saturated carbocycles. The van der Waals surface area contributed by atoms with Gasteiger partial charge in [-0.05, 0) is 48.4 Å². The van der Waals surface area contributed by atoms with E-state index in [2.05, 4.69) is 18.2 Å². The largest absolute Gasteiger partial charge is 0.497 e. The molecule has 0 aliphatic heterocycles. The molecule has 16 heavy (non-hydrogen) atoms. The molecule has 0 radical (unpaired) electrons. The summed E-state index contributed by atoms with van der Waals surface area (Å²) >= 11 is 0. The van der Waals surface area contributed by atoms with Crippen molar-refractivity contribution in [3.8, 4) is 5.75 Å². The lowest BCUT2D eigenvalue weighted by atomic mass is 9.87. The van der Waals surface area contributed by atoms with Crippen LogP contribution in [0.3, 0.4) is 0 Å². The van der Waals surface area contributed by atoms with Crippen LogP contribution in [0, 0.1) is 5.92 Å². The predicted octanol–water partition coefficient (Wildman–Crippen LogP) is 2.87. The third-order valence-electron chi connectivity index (χ3n) is 3.22. The molecule has 0 spiro atoms. The summed E-state index contributed by atoms with van der Waals surface area (Å²) in [5, 5.41) is 9.08. The molecule has 1 atom stereocenters. The molecule has 1 aromatic carbocycles. The van der Waals surface area contributed by atoms with Gasteiger partial charge in [0.05, 0.1) is 7.11 Å². The van der Waals surface area contributed by atoms with E-state index in [4.69, 9.17) is 9.84 Å². The smallest absolute Gasteiger partial charge is 0.119 e. The Labute approximate surface area is 96.6 Å². The molecule has 1 aliphatic carbocycles. The van der Waals surface area contributed by atoms with Gasteiger partial charge in [0, 0.05) is 6.61 Å². The van der Waals surface area contributed by atoms with Gasteiger partial charge in [0.25, 0.3) is 0 Å². The first kappa shape index (κ1) is 11.2. The van der Waals surface area contributed by atoms with Crippen molar-refractivity contribution in [1.29, 1.82) is 0 Å². The molecule has 0 saturated heterocycles. The number of aliphatic hydroxyl groups excluding tert-OH is 1. The van der Waals surface area contributed by atoms with Crippen molar-refractivity contribution in [1.82, 2.24) is 0 Å². The van der Waals surface area contributed by atoms with Crippen molar-refractivity contribution in [2.45, 2.75) is 19.3 Å². The third-order valence-corrected chi connectivity index (χ3v) is 3.22. The van der Waals surface area contributed by atoms with Crippen molar-refractivity contribution < 1.29 is 9.84 Å². The Morgan fingerprint density at radius 2 is 2.31 bits per heavy atom. The minimum Gasteiger partial charge on any atom is -0.497 e. The molecule has 1 aromatic rings. The minimum atomic E-state index is 0.307. The second-order valence-electron chi connectivity index (χ2n) is 4.28. The van der Waals surface area contributed by atoms with Crippen LogP contribution in [-0.4, -0.2) is 18.8 Å². The van der Waals surface area contributed by atoms with Gasteiger partial charge in [-0.15, -0.1) is 0 Å². The molecule has 1 aliphatic rings. The highest BCUT2D eigenvalue weighted by Gasteiger charge is 2.14. The van der Waals surface area contributed by atoms with Crippen molar-refractivity contribution in [3.63, 3.8) is 0 Å². The van der Waals surface area contributed by atoms with Crippen LogP contribution in [0.1, 0.15) is 24.8 Å². The van der Waals surface area contributed by atoms with Crippen LogP contribution in [0.5, 0.6) is 5.75 Å². The van der Waals surface area contributed by atoms with Gasteiger partial charge >= 0.3 is 0 Å². The van der Waals surface area contributed by atoms with Crippen LogP contribution in [0.25, 0.3) is 5.57 Å². The maximum Gasteiger partial charge on any atom is 0.119 e. The van der Waals surface area contributed by atoms with E-state index in [1.807, 2.05) is 12.1 Å². The van der Waals surface area contributed by atoms with Gasteiger partial charge in [-0.3, -0.25) is 0 Å². The normalized spacial score (nSPS) is 20.4. The zero-order chi connectivity index (χ0) is 11.4. The second kappa shape index (κ2) is 5.17. The number of hydrogen-bond donors (Lipinski definition) is 1. The van der Waals surface area contributed by atoms with E-state index < -0.39 is 0 Å². The lowest BCUT2D eigenvalue weighted by Crippen LogP contribution is -2.09. The Morgan fingerprint density at radius 1 is 1.44 bits per heavy atom. The summed E-state index contributed by atoms with van der Waals surface area (Å²) in [6.07, 6.45) is 5.38. The molecule has 0 aromatic heterocycles. The summed E-state index contributed by atoms with van der Waals surface area (Å²) in [4.78, 5) is 0. The Bertz CT molecular complexity index is 382. The molecule has 2 heteroatoms. The molecule has 0 amide bonds. The average Bonchev–Trinajstić information content (AvgIpc) is 2.39. The van der Waals surface area contributed by atoms with Crippen LogP contribution in [0.15, 0.2) is 30.3 Å². The van der Waals surface area contributed by atoms with Crippen molar-refractivity contribution in [3.05, 3.63) is 35.9 Å². The van der Waals surface area contributed by atoms with Gasteiger partial charge in [0.15, 0.2) is 0 Å². The van der Waals surface area contributed by atoms with Crippen LogP contribution >= 0.6 is 0 Å². The van der Waals surface area contributed by atoms with Crippen molar-refractivity contribution in [2.75, 3.05) is 13.7 Å². The minimum absolute atomic E-state index is 0.307. The first-order valence-corrected chi connectivity index (χ1v) is 5.78. The Kier molecular flexibility index (Phi) is 3.62. The molecule has 1 N–H and O–H groups in total. The topological polar surface area (TPSA) is 29.5 Å². The van der Waals surface area contributed by atoms with Crippen LogP contribution < -0.4 is 4.74 Å².